The summed E-state index contributed by atoms with van der Waals surface area (Å²) in [6, 6.07) is 7.31. The molecule has 28 heavy (non-hydrogen) atoms. The van der Waals surface area contributed by atoms with Crippen LogP contribution in [0.3, 0.4) is 0 Å². The summed E-state index contributed by atoms with van der Waals surface area (Å²) in [5, 5.41) is 2.74. The van der Waals surface area contributed by atoms with Gasteiger partial charge in [0.1, 0.15) is 0 Å². The lowest BCUT2D eigenvalue weighted by Crippen LogP contribution is -2.26. The molecule has 2 amide bonds. The molecular weight excluding hydrogens is 358 g/mol. The quantitative estimate of drug-likeness (QED) is 0.603. The van der Waals surface area contributed by atoms with E-state index < -0.39 is 5.91 Å². The number of ether oxygens (including phenoxy) is 2. The van der Waals surface area contributed by atoms with E-state index in [1.54, 1.807) is 27.2 Å². The Morgan fingerprint density at radius 3 is 2.32 bits per heavy atom. The molecule has 2 aromatic rings. The van der Waals surface area contributed by atoms with Crippen molar-refractivity contribution in [3.05, 3.63) is 52.1 Å². The molecule has 150 valence electrons. The zero-order valence-electron chi connectivity index (χ0n) is 16.7. The first-order valence-corrected chi connectivity index (χ1v) is 9.04. The van der Waals surface area contributed by atoms with Crippen molar-refractivity contribution in [3.8, 4) is 11.5 Å². The topological polar surface area (TPSA) is 117 Å². The molecule has 0 unspecified atom stereocenters. The second-order valence-electron chi connectivity index (χ2n) is 6.41. The first kappa shape index (κ1) is 21.1. The van der Waals surface area contributed by atoms with Crippen LogP contribution in [0, 0.1) is 6.92 Å². The number of aryl methyl sites for hydroxylation is 2. The standard InChI is InChI=1S/C21H27N3O4/c1-5-24-21(26)15-11-14(18(20(23)25)12(2)19(15)22)8-6-13-7-9-16(27-3)17(10-13)28-4/h7,9-11H,5-6,8,22H2,1-4H3,(H2,23,25)(H,24,26). The molecule has 7 nitrogen and oxygen atoms in total. The highest BCUT2D eigenvalue weighted by Crippen LogP contribution is 2.29. The minimum atomic E-state index is -0.561. The Bertz CT molecular complexity index is 894. The molecule has 0 heterocycles. The van der Waals surface area contributed by atoms with E-state index in [0.29, 0.717) is 53.1 Å². The average Bonchev–Trinajstić information content (AvgIpc) is 2.68. The number of anilines is 1. The van der Waals surface area contributed by atoms with Gasteiger partial charge in [0.15, 0.2) is 11.5 Å². The van der Waals surface area contributed by atoms with E-state index >= 15 is 0 Å². The summed E-state index contributed by atoms with van der Waals surface area (Å²) in [4.78, 5) is 24.4. The summed E-state index contributed by atoms with van der Waals surface area (Å²) in [6.45, 7) is 4.02. The number of methoxy groups -OCH3 is 2. The highest BCUT2D eigenvalue weighted by Gasteiger charge is 2.20. The largest absolute Gasteiger partial charge is 0.493 e. The maximum absolute atomic E-state index is 12.3. The van der Waals surface area contributed by atoms with E-state index in [1.165, 1.54) is 0 Å². The van der Waals surface area contributed by atoms with Gasteiger partial charge >= 0.3 is 0 Å². The molecule has 0 aromatic heterocycles. The number of hydrogen-bond donors (Lipinski definition) is 3. The van der Waals surface area contributed by atoms with Crippen LogP contribution in [0.4, 0.5) is 5.69 Å². The van der Waals surface area contributed by atoms with Crippen molar-refractivity contribution in [3.63, 3.8) is 0 Å². The van der Waals surface area contributed by atoms with Crippen molar-refractivity contribution in [2.75, 3.05) is 26.5 Å². The van der Waals surface area contributed by atoms with E-state index in [9.17, 15) is 9.59 Å². The Morgan fingerprint density at radius 1 is 1.07 bits per heavy atom. The molecule has 0 bridgehead atoms. The van der Waals surface area contributed by atoms with Gasteiger partial charge in [-0.05, 0) is 61.6 Å². The highest BCUT2D eigenvalue weighted by molar-refractivity contribution is 6.04. The van der Waals surface area contributed by atoms with E-state index in [4.69, 9.17) is 20.9 Å². The van der Waals surface area contributed by atoms with Gasteiger partial charge in [-0.2, -0.15) is 0 Å². The van der Waals surface area contributed by atoms with Crippen LogP contribution in [0.25, 0.3) is 0 Å². The second kappa shape index (κ2) is 9.12. The van der Waals surface area contributed by atoms with Gasteiger partial charge in [0.25, 0.3) is 5.91 Å². The lowest BCUT2D eigenvalue weighted by molar-refractivity contribution is 0.0953. The van der Waals surface area contributed by atoms with Crippen molar-refractivity contribution < 1.29 is 19.1 Å². The molecule has 0 fully saturated rings. The van der Waals surface area contributed by atoms with Gasteiger partial charge in [0.2, 0.25) is 5.91 Å². The second-order valence-corrected chi connectivity index (χ2v) is 6.41. The third-order valence-corrected chi connectivity index (χ3v) is 4.67. The van der Waals surface area contributed by atoms with Crippen molar-refractivity contribution in [1.82, 2.24) is 5.32 Å². The molecule has 0 atom stereocenters. The molecule has 0 saturated heterocycles. The summed E-state index contributed by atoms with van der Waals surface area (Å²) in [5.41, 5.74) is 14.9. The first-order chi connectivity index (χ1) is 13.3. The van der Waals surface area contributed by atoms with Crippen LogP contribution in [0.1, 0.15) is 44.3 Å². The monoisotopic (exact) mass is 385 g/mol. The fraction of sp³-hybridized carbons (Fsp3) is 0.333. The Balaban J connectivity index is 2.41. The summed E-state index contributed by atoms with van der Waals surface area (Å²) in [5.74, 6) is 0.443. The predicted octanol–water partition coefficient (Wildman–Crippen LogP) is 2.23. The van der Waals surface area contributed by atoms with E-state index in [2.05, 4.69) is 5.32 Å². The smallest absolute Gasteiger partial charge is 0.253 e. The molecule has 7 heteroatoms. The number of hydrogen-bond acceptors (Lipinski definition) is 5. The first-order valence-electron chi connectivity index (χ1n) is 9.04. The van der Waals surface area contributed by atoms with Gasteiger partial charge in [-0.1, -0.05) is 6.07 Å². The molecule has 0 aliphatic carbocycles. The number of nitrogens with two attached hydrogens (primary N) is 2. The number of nitrogens with one attached hydrogen (secondary N) is 1. The van der Waals surface area contributed by atoms with Crippen LogP contribution in [-0.2, 0) is 12.8 Å². The number of nitrogen functional groups attached to an aromatic ring is 1. The van der Waals surface area contributed by atoms with Gasteiger partial charge in [-0.3, -0.25) is 9.59 Å². The molecule has 0 aliphatic heterocycles. The van der Waals surface area contributed by atoms with E-state index in [0.717, 1.165) is 5.56 Å². The van der Waals surface area contributed by atoms with E-state index in [-0.39, 0.29) is 11.6 Å². The molecule has 5 N–H and O–H groups in total. The Morgan fingerprint density at radius 2 is 1.75 bits per heavy atom. The Hall–Kier alpha value is -3.22. The lowest BCUT2D eigenvalue weighted by Gasteiger charge is -2.16. The van der Waals surface area contributed by atoms with Crippen LogP contribution in [0.15, 0.2) is 24.3 Å². The molecule has 2 rings (SSSR count). The van der Waals surface area contributed by atoms with Gasteiger partial charge in [-0.15, -0.1) is 0 Å². The highest BCUT2D eigenvalue weighted by atomic mass is 16.5. The summed E-state index contributed by atoms with van der Waals surface area (Å²) >= 11 is 0. The molecule has 2 aromatic carbocycles. The minimum absolute atomic E-state index is 0.272. The zero-order valence-corrected chi connectivity index (χ0v) is 16.7. The molecule has 0 aliphatic rings. The van der Waals surface area contributed by atoms with Crippen LogP contribution >= 0.6 is 0 Å². The summed E-state index contributed by atoms with van der Waals surface area (Å²) in [6.07, 6.45) is 1.14. The molecule has 0 spiro atoms. The fourth-order valence-corrected chi connectivity index (χ4v) is 3.20. The lowest BCUT2D eigenvalue weighted by atomic mass is 9.91. The molecule has 0 saturated carbocycles. The number of benzene rings is 2. The van der Waals surface area contributed by atoms with E-state index in [1.807, 2.05) is 25.1 Å². The fourth-order valence-electron chi connectivity index (χ4n) is 3.20. The average molecular weight is 385 g/mol. The maximum Gasteiger partial charge on any atom is 0.253 e. The number of rotatable bonds is 8. The SMILES string of the molecule is CCNC(=O)c1cc(CCc2ccc(OC)c(OC)c2)c(C(N)=O)c(C)c1N. The van der Waals surface area contributed by atoms with Crippen LogP contribution in [0.5, 0.6) is 11.5 Å². The number of carbonyl (C=O) groups is 2. The predicted molar refractivity (Wildman–Crippen MR) is 109 cm³/mol. The normalized spacial score (nSPS) is 10.4. The van der Waals surface area contributed by atoms with Gasteiger partial charge in [0, 0.05) is 17.8 Å². The summed E-state index contributed by atoms with van der Waals surface area (Å²) < 4.78 is 10.6. The Labute approximate surface area is 165 Å². The van der Waals surface area contributed by atoms with Gasteiger partial charge < -0.3 is 26.3 Å². The summed E-state index contributed by atoms with van der Waals surface area (Å²) in [7, 11) is 3.16. The van der Waals surface area contributed by atoms with Crippen LogP contribution in [0.2, 0.25) is 0 Å². The van der Waals surface area contributed by atoms with Crippen molar-refractivity contribution >= 4 is 17.5 Å². The van der Waals surface area contributed by atoms with Crippen LogP contribution in [-0.4, -0.2) is 32.6 Å². The minimum Gasteiger partial charge on any atom is -0.493 e. The number of carbonyl (C=O) groups excluding carboxylic acids is 2. The Kier molecular flexibility index (Phi) is 6.87. The zero-order chi connectivity index (χ0) is 20.8. The third-order valence-electron chi connectivity index (χ3n) is 4.67. The van der Waals surface area contributed by atoms with Crippen LogP contribution < -0.4 is 26.3 Å². The number of amides is 2. The van der Waals surface area contributed by atoms with Crippen molar-refractivity contribution in [2.45, 2.75) is 26.7 Å². The number of primary amides is 1. The molecular formula is C21H27N3O4. The van der Waals surface area contributed by atoms with Gasteiger partial charge in [0.05, 0.1) is 19.8 Å². The molecule has 0 radical (unpaired) electrons. The van der Waals surface area contributed by atoms with Crippen molar-refractivity contribution in [1.29, 1.82) is 0 Å². The maximum atomic E-state index is 12.3. The van der Waals surface area contributed by atoms with Gasteiger partial charge in [-0.25, -0.2) is 0 Å². The van der Waals surface area contributed by atoms with Crippen molar-refractivity contribution in [2.24, 2.45) is 5.73 Å². The third kappa shape index (κ3) is 4.36.